The number of rotatable bonds is 5. The van der Waals surface area contributed by atoms with Gasteiger partial charge in [-0.25, -0.2) is 5.84 Å². The van der Waals surface area contributed by atoms with Crippen molar-refractivity contribution in [3.63, 3.8) is 0 Å². The number of nitrogens with one attached hydrogen (secondary N) is 1. The standard InChI is InChI=1S/C20H30N2O/c1-15(8-6-9-16(2)14-19(23)22-21)11-12-18-17(3)10-7-13-20(18,4)5/h6,8-9,11-12,14H,7,10,13,21H2,1-5H3,(H,22,23)/b9-6+,12-11+,15-8+,16-14+. The highest BCUT2D eigenvalue weighted by Gasteiger charge is 2.26. The largest absolute Gasteiger partial charge is 0.291 e. The SMILES string of the molecule is CC1=C(/C=C/C(C)=C/C=C/C(C)=C/C(=O)NN)C(C)(C)CCC1. The van der Waals surface area contributed by atoms with Crippen LogP contribution in [0.4, 0.5) is 0 Å². The predicted octanol–water partition coefficient (Wildman–Crippen LogP) is 4.51. The summed E-state index contributed by atoms with van der Waals surface area (Å²) < 4.78 is 0. The zero-order chi connectivity index (χ0) is 17.5. The van der Waals surface area contributed by atoms with Crippen LogP contribution in [0.1, 0.15) is 53.9 Å². The van der Waals surface area contributed by atoms with Crippen molar-refractivity contribution in [1.82, 2.24) is 5.43 Å². The molecule has 0 spiro atoms. The molecule has 0 aliphatic heterocycles. The van der Waals surface area contributed by atoms with E-state index in [1.165, 1.54) is 42.1 Å². The highest BCUT2D eigenvalue weighted by atomic mass is 16.2. The third kappa shape index (κ3) is 6.41. The number of carbonyl (C=O) groups excluding carboxylic acids is 1. The van der Waals surface area contributed by atoms with E-state index >= 15 is 0 Å². The van der Waals surface area contributed by atoms with Crippen molar-refractivity contribution >= 4 is 5.91 Å². The van der Waals surface area contributed by atoms with E-state index in [1.807, 2.05) is 25.2 Å². The number of nitrogens with two attached hydrogens (primary N) is 1. The lowest BCUT2D eigenvalue weighted by molar-refractivity contribution is -0.116. The van der Waals surface area contributed by atoms with Crippen molar-refractivity contribution in [2.75, 3.05) is 0 Å². The topological polar surface area (TPSA) is 55.1 Å². The maximum Gasteiger partial charge on any atom is 0.258 e. The molecule has 3 nitrogen and oxygen atoms in total. The molecule has 23 heavy (non-hydrogen) atoms. The van der Waals surface area contributed by atoms with Gasteiger partial charge in [-0.3, -0.25) is 10.2 Å². The third-order valence-corrected chi connectivity index (χ3v) is 4.27. The number of carbonyl (C=O) groups is 1. The van der Waals surface area contributed by atoms with Crippen LogP contribution in [-0.4, -0.2) is 5.91 Å². The van der Waals surface area contributed by atoms with Crippen LogP contribution in [0.2, 0.25) is 0 Å². The highest BCUT2D eigenvalue weighted by Crippen LogP contribution is 2.40. The van der Waals surface area contributed by atoms with Crippen LogP contribution >= 0.6 is 0 Å². The third-order valence-electron chi connectivity index (χ3n) is 4.27. The van der Waals surface area contributed by atoms with Crippen LogP contribution in [0.3, 0.4) is 0 Å². The first kappa shape index (κ1) is 19.2. The first-order valence-electron chi connectivity index (χ1n) is 8.18. The average molecular weight is 314 g/mol. The Morgan fingerprint density at radius 3 is 2.52 bits per heavy atom. The monoisotopic (exact) mass is 314 g/mol. The molecule has 0 saturated heterocycles. The molecule has 1 rings (SSSR count). The molecule has 0 saturated carbocycles. The van der Waals surface area contributed by atoms with Gasteiger partial charge in [0.1, 0.15) is 0 Å². The van der Waals surface area contributed by atoms with Gasteiger partial charge in [-0.05, 0) is 56.6 Å². The van der Waals surface area contributed by atoms with Gasteiger partial charge in [0.2, 0.25) is 0 Å². The highest BCUT2D eigenvalue weighted by molar-refractivity contribution is 5.88. The Hall–Kier alpha value is -1.87. The van der Waals surface area contributed by atoms with E-state index in [4.69, 9.17) is 5.84 Å². The molecule has 0 unspecified atom stereocenters. The van der Waals surface area contributed by atoms with E-state index in [9.17, 15) is 4.79 Å². The zero-order valence-electron chi connectivity index (χ0n) is 15.1. The van der Waals surface area contributed by atoms with E-state index < -0.39 is 0 Å². The molecule has 0 aromatic heterocycles. The summed E-state index contributed by atoms with van der Waals surface area (Å²) in [5.41, 5.74) is 7.36. The van der Waals surface area contributed by atoms with Crippen LogP contribution in [0.5, 0.6) is 0 Å². The van der Waals surface area contributed by atoms with Gasteiger partial charge < -0.3 is 0 Å². The molecule has 0 radical (unpaired) electrons. The number of amides is 1. The molecule has 0 fully saturated rings. The van der Waals surface area contributed by atoms with Crippen molar-refractivity contribution < 1.29 is 4.79 Å². The van der Waals surface area contributed by atoms with Gasteiger partial charge in [0.25, 0.3) is 5.91 Å². The van der Waals surface area contributed by atoms with Gasteiger partial charge in [0.15, 0.2) is 0 Å². The number of allylic oxidation sites excluding steroid dienone is 9. The summed E-state index contributed by atoms with van der Waals surface area (Å²) in [6.07, 6.45) is 15.5. The molecular weight excluding hydrogens is 284 g/mol. The minimum Gasteiger partial charge on any atom is -0.291 e. The molecule has 1 aliphatic carbocycles. The van der Waals surface area contributed by atoms with Gasteiger partial charge in [-0.15, -0.1) is 0 Å². The van der Waals surface area contributed by atoms with E-state index in [0.717, 1.165) is 5.57 Å². The first-order chi connectivity index (χ1) is 10.8. The Labute approximate surface area is 140 Å². The Kier molecular flexibility index (Phi) is 7.24. The molecule has 0 heterocycles. The van der Waals surface area contributed by atoms with Crippen LogP contribution in [0, 0.1) is 5.41 Å². The molecule has 3 heteroatoms. The molecule has 0 atom stereocenters. The quantitative estimate of drug-likeness (QED) is 0.258. The molecule has 1 aliphatic rings. The van der Waals surface area contributed by atoms with Gasteiger partial charge in [-0.1, -0.05) is 55.4 Å². The van der Waals surface area contributed by atoms with Crippen LogP contribution in [-0.2, 0) is 4.79 Å². The van der Waals surface area contributed by atoms with Crippen LogP contribution < -0.4 is 11.3 Å². The lowest BCUT2D eigenvalue weighted by atomic mass is 9.72. The van der Waals surface area contributed by atoms with Gasteiger partial charge in [0, 0.05) is 6.08 Å². The molecule has 126 valence electrons. The van der Waals surface area contributed by atoms with Gasteiger partial charge >= 0.3 is 0 Å². The van der Waals surface area contributed by atoms with Crippen molar-refractivity contribution in [2.24, 2.45) is 11.3 Å². The van der Waals surface area contributed by atoms with E-state index in [1.54, 1.807) is 0 Å². The summed E-state index contributed by atoms with van der Waals surface area (Å²) in [5, 5.41) is 0. The second kappa shape index (κ2) is 8.68. The summed E-state index contributed by atoms with van der Waals surface area (Å²) in [5.74, 6) is 4.75. The average Bonchev–Trinajstić information content (AvgIpc) is 2.45. The molecule has 0 aromatic rings. The molecule has 1 amide bonds. The second-order valence-electron chi connectivity index (χ2n) is 6.93. The Morgan fingerprint density at radius 1 is 1.22 bits per heavy atom. The first-order valence-corrected chi connectivity index (χ1v) is 8.18. The van der Waals surface area contributed by atoms with E-state index in [0.29, 0.717) is 0 Å². The Bertz CT molecular complexity index is 587. The summed E-state index contributed by atoms with van der Waals surface area (Å²) in [6, 6.07) is 0. The molecule has 0 aromatic carbocycles. The summed E-state index contributed by atoms with van der Waals surface area (Å²) in [6.45, 7) is 10.8. The summed E-state index contributed by atoms with van der Waals surface area (Å²) in [7, 11) is 0. The Balaban J connectivity index is 2.77. The fourth-order valence-electron chi connectivity index (χ4n) is 2.93. The molecule has 0 bridgehead atoms. The van der Waals surface area contributed by atoms with Gasteiger partial charge in [0.05, 0.1) is 0 Å². The normalized spacial score (nSPS) is 19.7. The van der Waals surface area contributed by atoms with Crippen molar-refractivity contribution in [2.45, 2.75) is 53.9 Å². The predicted molar refractivity (Wildman–Crippen MR) is 98.5 cm³/mol. The lowest BCUT2D eigenvalue weighted by Crippen LogP contribution is -2.28. The second-order valence-corrected chi connectivity index (χ2v) is 6.93. The molecular formula is C20H30N2O. The maximum absolute atomic E-state index is 11.1. The zero-order valence-corrected chi connectivity index (χ0v) is 15.1. The van der Waals surface area contributed by atoms with Crippen LogP contribution in [0.15, 0.2) is 58.7 Å². The minimum absolute atomic E-state index is 0.268. The van der Waals surface area contributed by atoms with Crippen molar-refractivity contribution in [3.05, 3.63) is 58.7 Å². The van der Waals surface area contributed by atoms with E-state index in [2.05, 4.69) is 45.3 Å². The Morgan fingerprint density at radius 2 is 1.91 bits per heavy atom. The van der Waals surface area contributed by atoms with Crippen molar-refractivity contribution in [1.29, 1.82) is 0 Å². The summed E-state index contributed by atoms with van der Waals surface area (Å²) >= 11 is 0. The number of hydrogen-bond acceptors (Lipinski definition) is 2. The smallest absolute Gasteiger partial charge is 0.258 e. The van der Waals surface area contributed by atoms with E-state index in [-0.39, 0.29) is 11.3 Å². The fraction of sp³-hybridized carbons (Fsp3) is 0.450. The number of hydrogen-bond donors (Lipinski definition) is 2. The summed E-state index contributed by atoms with van der Waals surface area (Å²) in [4.78, 5) is 11.1. The van der Waals surface area contributed by atoms with Gasteiger partial charge in [-0.2, -0.15) is 0 Å². The fourth-order valence-corrected chi connectivity index (χ4v) is 2.93. The minimum atomic E-state index is -0.297. The van der Waals surface area contributed by atoms with Crippen molar-refractivity contribution in [3.8, 4) is 0 Å². The number of hydrazine groups is 1. The maximum atomic E-state index is 11.1. The molecule has 3 N–H and O–H groups in total. The van der Waals surface area contributed by atoms with Crippen LogP contribution in [0.25, 0.3) is 0 Å². The lowest BCUT2D eigenvalue weighted by Gasteiger charge is -2.32.